The number of rotatable bonds is 4. The van der Waals surface area contributed by atoms with Gasteiger partial charge in [-0.05, 0) is 58.5 Å². The molecule has 0 amide bonds. The summed E-state index contributed by atoms with van der Waals surface area (Å²) in [4.78, 5) is 4.18. The van der Waals surface area contributed by atoms with Gasteiger partial charge in [-0.25, -0.2) is 0 Å². The van der Waals surface area contributed by atoms with Crippen LogP contribution in [0, 0.1) is 3.57 Å². The van der Waals surface area contributed by atoms with Crippen molar-refractivity contribution in [3.63, 3.8) is 0 Å². The van der Waals surface area contributed by atoms with E-state index in [9.17, 15) is 0 Å². The van der Waals surface area contributed by atoms with Crippen LogP contribution in [0.15, 0.2) is 42.7 Å². The van der Waals surface area contributed by atoms with Gasteiger partial charge >= 0.3 is 0 Å². The Labute approximate surface area is 126 Å². The van der Waals surface area contributed by atoms with Crippen molar-refractivity contribution in [3.05, 3.63) is 62.4 Å². The lowest BCUT2D eigenvalue weighted by atomic mass is 10.0. The smallest absolute Gasteiger partial charge is 0.0592 e. The fourth-order valence-corrected chi connectivity index (χ4v) is 2.40. The van der Waals surface area contributed by atoms with Crippen LogP contribution in [-0.2, 0) is 0 Å². The maximum Gasteiger partial charge on any atom is 0.0592 e. The molecule has 1 unspecified atom stereocenters. The summed E-state index contributed by atoms with van der Waals surface area (Å²) in [5, 5.41) is 4.25. The summed E-state index contributed by atoms with van der Waals surface area (Å²) >= 11 is 8.43. The average Bonchev–Trinajstić information content (AvgIpc) is 2.40. The van der Waals surface area contributed by atoms with E-state index in [-0.39, 0.29) is 6.04 Å². The third-order valence-corrected chi connectivity index (χ3v) is 4.28. The molecule has 2 nitrogen and oxygen atoms in total. The lowest BCUT2D eigenvalue weighted by Crippen LogP contribution is -2.22. The lowest BCUT2D eigenvalue weighted by molar-refractivity contribution is 0.628. The number of halogens is 2. The number of benzene rings is 1. The van der Waals surface area contributed by atoms with Gasteiger partial charge in [0.15, 0.2) is 0 Å². The first-order valence-corrected chi connectivity index (χ1v) is 7.26. The first kappa shape index (κ1) is 13.8. The number of hydrogen-bond donors (Lipinski definition) is 1. The highest BCUT2D eigenvalue weighted by Gasteiger charge is 2.13. The summed E-state index contributed by atoms with van der Waals surface area (Å²) in [6.45, 7) is 2.99. The zero-order chi connectivity index (χ0) is 13.0. The highest BCUT2D eigenvalue weighted by Crippen LogP contribution is 2.26. The van der Waals surface area contributed by atoms with E-state index >= 15 is 0 Å². The second-order valence-corrected chi connectivity index (χ2v) is 5.52. The summed E-state index contributed by atoms with van der Waals surface area (Å²) in [7, 11) is 0. The minimum absolute atomic E-state index is 0.137. The third-order valence-electron chi connectivity index (χ3n) is 2.70. The molecule has 0 bridgehead atoms. The van der Waals surface area contributed by atoms with Crippen molar-refractivity contribution in [2.24, 2.45) is 0 Å². The van der Waals surface area contributed by atoms with Crippen molar-refractivity contribution < 1.29 is 0 Å². The Morgan fingerprint density at radius 3 is 2.78 bits per heavy atom. The molecule has 1 atom stereocenters. The van der Waals surface area contributed by atoms with Gasteiger partial charge in [0.2, 0.25) is 0 Å². The zero-order valence-electron chi connectivity index (χ0n) is 10.0. The minimum Gasteiger partial charge on any atom is -0.306 e. The van der Waals surface area contributed by atoms with E-state index in [0.717, 1.165) is 26.3 Å². The zero-order valence-corrected chi connectivity index (χ0v) is 12.9. The fraction of sp³-hybridized carbons (Fsp3) is 0.214. The van der Waals surface area contributed by atoms with E-state index in [0.29, 0.717) is 0 Å². The lowest BCUT2D eigenvalue weighted by Gasteiger charge is -2.19. The van der Waals surface area contributed by atoms with Gasteiger partial charge < -0.3 is 5.32 Å². The summed E-state index contributed by atoms with van der Waals surface area (Å²) in [6, 6.07) is 10.3. The average molecular weight is 373 g/mol. The first-order valence-electron chi connectivity index (χ1n) is 5.80. The summed E-state index contributed by atoms with van der Waals surface area (Å²) in [5.74, 6) is 0. The van der Waals surface area contributed by atoms with Crippen molar-refractivity contribution in [1.29, 1.82) is 0 Å². The van der Waals surface area contributed by atoms with Gasteiger partial charge in [-0.2, -0.15) is 0 Å². The van der Waals surface area contributed by atoms with E-state index in [1.807, 2.05) is 24.4 Å². The number of nitrogens with zero attached hydrogens (tertiary/aromatic N) is 1. The molecular weight excluding hydrogens is 359 g/mol. The molecule has 0 saturated heterocycles. The van der Waals surface area contributed by atoms with Crippen LogP contribution in [0.1, 0.15) is 24.1 Å². The molecule has 0 spiro atoms. The van der Waals surface area contributed by atoms with Crippen LogP contribution >= 0.6 is 34.2 Å². The van der Waals surface area contributed by atoms with Gasteiger partial charge in [0.1, 0.15) is 0 Å². The van der Waals surface area contributed by atoms with E-state index in [1.165, 1.54) is 0 Å². The van der Waals surface area contributed by atoms with Crippen LogP contribution in [0.4, 0.5) is 0 Å². The van der Waals surface area contributed by atoms with E-state index < -0.39 is 0 Å². The molecule has 0 aliphatic carbocycles. The van der Waals surface area contributed by atoms with Crippen molar-refractivity contribution >= 4 is 34.2 Å². The van der Waals surface area contributed by atoms with Gasteiger partial charge in [-0.15, -0.1) is 0 Å². The summed E-state index contributed by atoms with van der Waals surface area (Å²) in [5.41, 5.74) is 2.31. The Balaban J connectivity index is 2.38. The van der Waals surface area contributed by atoms with E-state index in [4.69, 9.17) is 11.6 Å². The normalized spacial score (nSPS) is 12.4. The molecular formula is C14H14ClIN2. The number of nitrogens with one attached hydrogen (secondary N) is 1. The molecule has 94 valence electrons. The number of pyridine rings is 1. The third kappa shape index (κ3) is 3.22. The highest BCUT2D eigenvalue weighted by molar-refractivity contribution is 14.1. The molecule has 1 N–H and O–H groups in total. The molecule has 1 aromatic heterocycles. The quantitative estimate of drug-likeness (QED) is 0.820. The predicted octanol–water partition coefficient (Wildman–Crippen LogP) is 4.04. The molecule has 0 saturated carbocycles. The van der Waals surface area contributed by atoms with Crippen molar-refractivity contribution in [2.75, 3.05) is 6.54 Å². The van der Waals surface area contributed by atoms with Gasteiger partial charge in [-0.1, -0.05) is 30.7 Å². The van der Waals surface area contributed by atoms with Crippen LogP contribution in [0.5, 0.6) is 0 Å². The topological polar surface area (TPSA) is 24.9 Å². The molecule has 0 aliphatic rings. The largest absolute Gasteiger partial charge is 0.306 e. The van der Waals surface area contributed by atoms with Gasteiger partial charge in [0.25, 0.3) is 0 Å². The molecule has 4 heteroatoms. The van der Waals surface area contributed by atoms with Gasteiger partial charge in [-0.3, -0.25) is 4.98 Å². The molecule has 0 radical (unpaired) electrons. The highest BCUT2D eigenvalue weighted by atomic mass is 127. The fourth-order valence-electron chi connectivity index (χ4n) is 1.87. The second-order valence-electron chi connectivity index (χ2n) is 3.95. The standard InChI is InChI=1S/C14H14ClIN2/c1-2-18-14(11-4-3-7-17-9-11)10-5-6-13(16)12(15)8-10/h3-9,14,18H,2H2,1H3. The molecule has 1 heterocycles. The Morgan fingerprint density at radius 1 is 1.33 bits per heavy atom. The Hall–Kier alpha value is -0.650. The van der Waals surface area contributed by atoms with Crippen LogP contribution in [0.3, 0.4) is 0 Å². The Morgan fingerprint density at radius 2 is 2.17 bits per heavy atom. The van der Waals surface area contributed by atoms with Crippen LogP contribution in [0.2, 0.25) is 5.02 Å². The SMILES string of the molecule is CCNC(c1cccnc1)c1ccc(I)c(Cl)c1. The molecule has 1 aromatic carbocycles. The van der Waals surface area contributed by atoms with Crippen LogP contribution in [0.25, 0.3) is 0 Å². The van der Waals surface area contributed by atoms with Crippen molar-refractivity contribution in [1.82, 2.24) is 10.3 Å². The Bertz CT molecular complexity index is 516. The predicted molar refractivity (Wildman–Crippen MR) is 83.9 cm³/mol. The van der Waals surface area contributed by atoms with Crippen LogP contribution < -0.4 is 5.32 Å². The molecule has 2 rings (SSSR count). The van der Waals surface area contributed by atoms with Crippen molar-refractivity contribution in [2.45, 2.75) is 13.0 Å². The Kier molecular flexibility index (Phi) is 4.97. The molecule has 0 fully saturated rings. The second kappa shape index (κ2) is 6.50. The maximum absolute atomic E-state index is 6.19. The molecule has 0 aliphatic heterocycles. The minimum atomic E-state index is 0.137. The number of hydrogen-bond acceptors (Lipinski definition) is 2. The number of aromatic nitrogens is 1. The van der Waals surface area contributed by atoms with E-state index in [1.54, 1.807) is 6.20 Å². The van der Waals surface area contributed by atoms with E-state index in [2.05, 4.69) is 51.9 Å². The first-order chi connectivity index (χ1) is 8.72. The van der Waals surface area contributed by atoms with Gasteiger partial charge in [0.05, 0.1) is 11.1 Å². The molecule has 2 aromatic rings. The molecule has 18 heavy (non-hydrogen) atoms. The monoisotopic (exact) mass is 372 g/mol. The summed E-state index contributed by atoms with van der Waals surface area (Å²) in [6.07, 6.45) is 3.67. The maximum atomic E-state index is 6.19. The summed E-state index contributed by atoms with van der Waals surface area (Å²) < 4.78 is 1.07. The van der Waals surface area contributed by atoms with Gasteiger partial charge in [0, 0.05) is 16.0 Å². The van der Waals surface area contributed by atoms with Crippen molar-refractivity contribution in [3.8, 4) is 0 Å². The van der Waals surface area contributed by atoms with Crippen LogP contribution in [-0.4, -0.2) is 11.5 Å².